The number of aromatic nitrogens is 1. The van der Waals surface area contributed by atoms with Gasteiger partial charge in [-0.2, -0.15) is 0 Å². The SMILES string of the molecule is O[n+]1cccc(Sc2ccccc2)c1. The Hall–Kier alpha value is -1.48. The molecule has 0 aliphatic carbocycles. The van der Waals surface area contributed by atoms with Gasteiger partial charge in [-0.05, 0) is 18.2 Å². The zero-order chi connectivity index (χ0) is 9.80. The molecule has 0 aliphatic rings. The minimum absolute atomic E-state index is 1.02. The second-order valence-electron chi connectivity index (χ2n) is 2.83. The van der Waals surface area contributed by atoms with Crippen LogP contribution in [0.15, 0.2) is 64.6 Å². The summed E-state index contributed by atoms with van der Waals surface area (Å²) in [6, 6.07) is 13.8. The predicted octanol–water partition coefficient (Wildman–Crippen LogP) is 2.36. The van der Waals surface area contributed by atoms with E-state index in [2.05, 4.69) is 0 Å². The fourth-order valence-corrected chi connectivity index (χ4v) is 2.00. The van der Waals surface area contributed by atoms with Crippen molar-refractivity contribution in [1.29, 1.82) is 0 Å². The molecule has 0 spiro atoms. The Labute approximate surface area is 86.8 Å². The highest BCUT2D eigenvalue weighted by molar-refractivity contribution is 7.99. The second-order valence-corrected chi connectivity index (χ2v) is 3.98. The van der Waals surface area contributed by atoms with Gasteiger partial charge in [0, 0.05) is 15.7 Å². The number of rotatable bonds is 2. The van der Waals surface area contributed by atoms with E-state index < -0.39 is 0 Å². The molecule has 0 aliphatic heterocycles. The van der Waals surface area contributed by atoms with Gasteiger partial charge < -0.3 is 0 Å². The average molecular weight is 204 g/mol. The number of pyridine rings is 1. The van der Waals surface area contributed by atoms with Crippen molar-refractivity contribution in [2.24, 2.45) is 0 Å². The van der Waals surface area contributed by atoms with Crippen LogP contribution in [0.25, 0.3) is 0 Å². The minimum atomic E-state index is 1.02. The van der Waals surface area contributed by atoms with Crippen molar-refractivity contribution in [3.05, 3.63) is 54.9 Å². The Balaban J connectivity index is 2.19. The molecule has 1 aromatic heterocycles. The van der Waals surface area contributed by atoms with Crippen LogP contribution in [0.5, 0.6) is 0 Å². The topological polar surface area (TPSA) is 24.1 Å². The number of benzene rings is 1. The van der Waals surface area contributed by atoms with Gasteiger partial charge in [0.2, 0.25) is 12.4 Å². The lowest BCUT2D eigenvalue weighted by Gasteiger charge is -1.97. The average Bonchev–Trinajstić information content (AvgIpc) is 2.19. The quantitative estimate of drug-likeness (QED) is 0.600. The minimum Gasteiger partial charge on any atom is -0.285 e. The summed E-state index contributed by atoms with van der Waals surface area (Å²) in [6.07, 6.45) is 3.27. The van der Waals surface area contributed by atoms with Gasteiger partial charge in [0.05, 0.1) is 4.90 Å². The molecule has 2 rings (SSSR count). The first-order valence-corrected chi connectivity index (χ1v) is 5.10. The van der Waals surface area contributed by atoms with Crippen LogP contribution in [0.3, 0.4) is 0 Å². The van der Waals surface area contributed by atoms with Gasteiger partial charge >= 0.3 is 0 Å². The first-order valence-electron chi connectivity index (χ1n) is 4.28. The summed E-state index contributed by atoms with van der Waals surface area (Å²) in [5, 5.41) is 9.19. The van der Waals surface area contributed by atoms with E-state index in [0.29, 0.717) is 0 Å². The Bertz CT molecular complexity index is 417. The van der Waals surface area contributed by atoms with Crippen molar-refractivity contribution in [1.82, 2.24) is 0 Å². The third kappa shape index (κ3) is 2.26. The Morgan fingerprint density at radius 3 is 2.36 bits per heavy atom. The largest absolute Gasteiger partial charge is 0.285 e. The van der Waals surface area contributed by atoms with Crippen molar-refractivity contribution in [3.8, 4) is 0 Å². The number of hydrogen-bond donors (Lipinski definition) is 1. The van der Waals surface area contributed by atoms with Crippen molar-refractivity contribution in [3.63, 3.8) is 0 Å². The van der Waals surface area contributed by atoms with Gasteiger partial charge in [0.15, 0.2) is 0 Å². The van der Waals surface area contributed by atoms with E-state index in [4.69, 9.17) is 0 Å². The molecule has 2 nitrogen and oxygen atoms in total. The molecule has 0 amide bonds. The monoisotopic (exact) mass is 204 g/mol. The highest BCUT2D eigenvalue weighted by atomic mass is 32.2. The molecule has 3 heteroatoms. The zero-order valence-electron chi connectivity index (χ0n) is 7.50. The molecular weight excluding hydrogens is 194 g/mol. The molecule has 0 bridgehead atoms. The normalized spacial score (nSPS) is 10.0. The van der Waals surface area contributed by atoms with Crippen LogP contribution in [0.2, 0.25) is 0 Å². The molecule has 1 N–H and O–H groups in total. The molecule has 0 fully saturated rings. The molecular formula is C11H10NOS+. The van der Waals surface area contributed by atoms with Crippen LogP contribution >= 0.6 is 11.8 Å². The Morgan fingerprint density at radius 2 is 1.64 bits per heavy atom. The molecule has 14 heavy (non-hydrogen) atoms. The summed E-state index contributed by atoms with van der Waals surface area (Å²) in [6.45, 7) is 0. The van der Waals surface area contributed by atoms with Crippen LogP contribution in [0.1, 0.15) is 0 Å². The van der Waals surface area contributed by atoms with Crippen LogP contribution in [-0.4, -0.2) is 5.21 Å². The molecule has 0 atom stereocenters. The summed E-state index contributed by atoms with van der Waals surface area (Å²) in [7, 11) is 0. The summed E-state index contributed by atoms with van der Waals surface area (Å²) in [5.41, 5.74) is 0. The molecule has 0 radical (unpaired) electrons. The van der Waals surface area contributed by atoms with Crippen LogP contribution in [0.4, 0.5) is 0 Å². The van der Waals surface area contributed by atoms with Gasteiger partial charge in [-0.3, -0.25) is 5.21 Å². The lowest BCUT2D eigenvalue weighted by atomic mass is 10.4. The van der Waals surface area contributed by atoms with Crippen LogP contribution in [-0.2, 0) is 0 Å². The van der Waals surface area contributed by atoms with E-state index in [1.165, 1.54) is 4.90 Å². The van der Waals surface area contributed by atoms with E-state index in [0.717, 1.165) is 9.63 Å². The molecule has 70 valence electrons. The Morgan fingerprint density at radius 1 is 0.929 bits per heavy atom. The highest BCUT2D eigenvalue weighted by Crippen LogP contribution is 2.25. The highest BCUT2D eigenvalue weighted by Gasteiger charge is 2.01. The maximum atomic E-state index is 9.19. The van der Waals surface area contributed by atoms with E-state index in [-0.39, 0.29) is 0 Å². The first kappa shape index (κ1) is 9.09. The van der Waals surface area contributed by atoms with Gasteiger partial charge in [0.25, 0.3) is 0 Å². The third-order valence-corrected chi connectivity index (χ3v) is 2.72. The lowest BCUT2D eigenvalue weighted by molar-refractivity contribution is -0.906. The predicted molar refractivity (Wildman–Crippen MR) is 54.4 cm³/mol. The van der Waals surface area contributed by atoms with Crippen molar-refractivity contribution < 1.29 is 9.94 Å². The first-order chi connectivity index (χ1) is 6.84. The van der Waals surface area contributed by atoms with Crippen LogP contribution in [0, 0.1) is 0 Å². The van der Waals surface area contributed by atoms with Crippen LogP contribution < -0.4 is 4.73 Å². The Kier molecular flexibility index (Phi) is 2.70. The summed E-state index contributed by atoms with van der Waals surface area (Å²) < 4.78 is 1.06. The molecule has 2 aromatic rings. The molecule has 1 aromatic carbocycles. The molecule has 0 saturated carbocycles. The summed E-state index contributed by atoms with van der Waals surface area (Å²) in [5.74, 6) is 0. The van der Waals surface area contributed by atoms with E-state index in [1.807, 2.05) is 42.5 Å². The van der Waals surface area contributed by atoms with Crippen molar-refractivity contribution >= 4 is 11.8 Å². The van der Waals surface area contributed by atoms with E-state index in [9.17, 15) is 5.21 Å². The number of nitrogens with zero attached hydrogens (tertiary/aromatic N) is 1. The van der Waals surface area contributed by atoms with E-state index >= 15 is 0 Å². The maximum Gasteiger partial charge on any atom is 0.236 e. The summed E-state index contributed by atoms with van der Waals surface area (Å²) >= 11 is 1.62. The molecule has 0 saturated heterocycles. The van der Waals surface area contributed by atoms with Gasteiger partial charge in [-0.1, -0.05) is 30.0 Å². The zero-order valence-corrected chi connectivity index (χ0v) is 8.32. The molecule has 0 unspecified atom stereocenters. The summed E-state index contributed by atoms with van der Waals surface area (Å²) in [4.78, 5) is 2.18. The fraction of sp³-hybridized carbons (Fsp3) is 0. The molecule has 1 heterocycles. The maximum absolute atomic E-state index is 9.19. The van der Waals surface area contributed by atoms with Crippen molar-refractivity contribution in [2.45, 2.75) is 9.79 Å². The van der Waals surface area contributed by atoms with Gasteiger partial charge in [-0.15, -0.1) is 0 Å². The van der Waals surface area contributed by atoms with Crippen molar-refractivity contribution in [2.75, 3.05) is 0 Å². The standard InChI is InChI=1S/C11H10NOS/c13-12-8-4-7-11(9-12)14-10-5-2-1-3-6-10/h1-9,13H/q+1. The smallest absolute Gasteiger partial charge is 0.236 e. The lowest BCUT2D eigenvalue weighted by Crippen LogP contribution is -2.28. The van der Waals surface area contributed by atoms with E-state index in [1.54, 1.807) is 24.2 Å². The van der Waals surface area contributed by atoms with Gasteiger partial charge in [0.1, 0.15) is 0 Å². The third-order valence-electron chi connectivity index (χ3n) is 1.74. The van der Waals surface area contributed by atoms with Gasteiger partial charge in [-0.25, -0.2) is 0 Å². The fourth-order valence-electron chi connectivity index (χ4n) is 1.13. The second kappa shape index (κ2) is 4.15. The number of hydrogen-bond acceptors (Lipinski definition) is 2.